The molecule has 0 aliphatic heterocycles. The number of non-ortho nitro benzene ring substituents is 1. The number of methoxy groups -OCH3 is 2. The van der Waals surface area contributed by atoms with Gasteiger partial charge in [-0.15, -0.1) is 0 Å². The maximum Gasteiger partial charge on any atom is 0.271 e. The number of carbonyl (C=O) groups is 1. The molecule has 0 N–H and O–H groups in total. The molecule has 0 aliphatic carbocycles. The van der Waals surface area contributed by atoms with Gasteiger partial charge < -0.3 is 14.4 Å². The number of nitro benzene ring substituents is 1. The average Bonchev–Trinajstić information content (AvgIpc) is 2.77. The van der Waals surface area contributed by atoms with Crippen LogP contribution in [-0.4, -0.2) is 25.1 Å². The van der Waals surface area contributed by atoms with Crippen molar-refractivity contribution in [3.63, 3.8) is 0 Å². The Bertz CT molecular complexity index is 1020. The molecule has 0 aromatic heterocycles. The standard InChI is InChI=1S/C22H20N2O5/c1-28-20-12-11-17(13-21(20)29-2)22(25)23(15-16-7-4-3-5-8-16)18-9-6-10-19(14-18)24(26)27/h3-14H,15H2,1-2H3. The van der Waals surface area contributed by atoms with E-state index in [4.69, 9.17) is 9.47 Å². The van der Waals surface area contributed by atoms with Crippen molar-refractivity contribution in [2.75, 3.05) is 19.1 Å². The van der Waals surface area contributed by atoms with Gasteiger partial charge in [0.25, 0.3) is 11.6 Å². The van der Waals surface area contributed by atoms with E-state index in [1.165, 1.54) is 31.3 Å². The van der Waals surface area contributed by atoms with Crippen molar-refractivity contribution in [3.05, 3.63) is 94.0 Å². The molecule has 0 aliphatic rings. The first-order valence-corrected chi connectivity index (χ1v) is 8.85. The van der Waals surface area contributed by atoms with Crippen LogP contribution in [0.5, 0.6) is 11.5 Å². The summed E-state index contributed by atoms with van der Waals surface area (Å²) in [5, 5.41) is 11.2. The maximum absolute atomic E-state index is 13.4. The molecule has 0 fully saturated rings. The number of anilines is 1. The van der Waals surface area contributed by atoms with Crippen LogP contribution in [0.4, 0.5) is 11.4 Å². The first-order valence-electron chi connectivity index (χ1n) is 8.85. The second kappa shape index (κ2) is 8.88. The summed E-state index contributed by atoms with van der Waals surface area (Å²) in [6.07, 6.45) is 0. The average molecular weight is 392 g/mol. The molecular formula is C22H20N2O5. The van der Waals surface area contributed by atoms with E-state index < -0.39 is 4.92 Å². The smallest absolute Gasteiger partial charge is 0.271 e. The molecule has 0 bridgehead atoms. The van der Waals surface area contributed by atoms with Crippen molar-refractivity contribution >= 4 is 17.3 Å². The minimum Gasteiger partial charge on any atom is -0.493 e. The van der Waals surface area contributed by atoms with Gasteiger partial charge in [0.15, 0.2) is 11.5 Å². The number of rotatable bonds is 7. The van der Waals surface area contributed by atoms with Crippen LogP contribution in [0.2, 0.25) is 0 Å². The SMILES string of the molecule is COc1ccc(C(=O)N(Cc2ccccc2)c2cccc([N+](=O)[O-])c2)cc1OC. The Morgan fingerprint density at radius 2 is 1.66 bits per heavy atom. The number of ether oxygens (including phenoxy) is 2. The zero-order valence-corrected chi connectivity index (χ0v) is 16.1. The van der Waals surface area contributed by atoms with E-state index in [0.717, 1.165) is 5.56 Å². The molecule has 3 aromatic carbocycles. The van der Waals surface area contributed by atoms with Crippen LogP contribution in [0.25, 0.3) is 0 Å². The quantitative estimate of drug-likeness (QED) is 0.438. The van der Waals surface area contributed by atoms with Gasteiger partial charge >= 0.3 is 0 Å². The minimum atomic E-state index is -0.481. The lowest BCUT2D eigenvalue weighted by Gasteiger charge is -2.23. The van der Waals surface area contributed by atoms with Crippen molar-refractivity contribution in [1.29, 1.82) is 0 Å². The predicted octanol–water partition coefficient (Wildman–Crippen LogP) is 4.46. The van der Waals surface area contributed by atoms with Crippen LogP contribution in [0.15, 0.2) is 72.8 Å². The fourth-order valence-corrected chi connectivity index (χ4v) is 2.95. The highest BCUT2D eigenvalue weighted by Crippen LogP contribution is 2.30. The first-order chi connectivity index (χ1) is 14.0. The summed E-state index contributed by atoms with van der Waals surface area (Å²) >= 11 is 0. The van der Waals surface area contributed by atoms with Crippen LogP contribution < -0.4 is 14.4 Å². The third-order valence-corrected chi connectivity index (χ3v) is 4.41. The van der Waals surface area contributed by atoms with E-state index in [9.17, 15) is 14.9 Å². The monoisotopic (exact) mass is 392 g/mol. The molecule has 0 spiro atoms. The molecule has 148 valence electrons. The van der Waals surface area contributed by atoms with Gasteiger partial charge in [-0.2, -0.15) is 0 Å². The van der Waals surface area contributed by atoms with E-state index >= 15 is 0 Å². The third kappa shape index (κ3) is 4.52. The molecule has 0 radical (unpaired) electrons. The number of benzene rings is 3. The van der Waals surface area contributed by atoms with Crippen molar-refractivity contribution in [1.82, 2.24) is 0 Å². The molecule has 3 aromatic rings. The zero-order valence-electron chi connectivity index (χ0n) is 16.1. The summed E-state index contributed by atoms with van der Waals surface area (Å²) in [4.78, 5) is 25.6. The van der Waals surface area contributed by atoms with Crippen molar-refractivity contribution in [2.45, 2.75) is 6.54 Å². The molecule has 7 nitrogen and oxygen atoms in total. The van der Waals surface area contributed by atoms with Crippen LogP contribution in [0.1, 0.15) is 15.9 Å². The molecular weight excluding hydrogens is 372 g/mol. The predicted molar refractivity (Wildman–Crippen MR) is 110 cm³/mol. The van der Waals surface area contributed by atoms with Gasteiger partial charge in [0.1, 0.15) is 0 Å². The summed E-state index contributed by atoms with van der Waals surface area (Å²) in [5.41, 5.74) is 1.63. The Hall–Kier alpha value is -3.87. The zero-order chi connectivity index (χ0) is 20.8. The number of hydrogen-bond acceptors (Lipinski definition) is 5. The van der Waals surface area contributed by atoms with Gasteiger partial charge in [-0.1, -0.05) is 36.4 Å². The molecule has 0 heterocycles. The lowest BCUT2D eigenvalue weighted by molar-refractivity contribution is -0.384. The Labute approximate surface area is 168 Å². The van der Waals surface area contributed by atoms with E-state index in [2.05, 4.69) is 0 Å². The lowest BCUT2D eigenvalue weighted by atomic mass is 10.1. The Balaban J connectivity index is 2.04. The molecule has 0 saturated heterocycles. The largest absolute Gasteiger partial charge is 0.493 e. The number of nitro groups is 1. The number of carbonyl (C=O) groups excluding carboxylic acids is 1. The van der Waals surface area contributed by atoms with Crippen LogP contribution in [0.3, 0.4) is 0 Å². The number of amides is 1. The van der Waals surface area contributed by atoms with E-state index in [-0.39, 0.29) is 18.1 Å². The lowest BCUT2D eigenvalue weighted by Crippen LogP contribution is -2.30. The van der Waals surface area contributed by atoms with Gasteiger partial charge in [-0.25, -0.2) is 0 Å². The molecule has 29 heavy (non-hydrogen) atoms. The fraction of sp³-hybridized carbons (Fsp3) is 0.136. The molecule has 0 atom stereocenters. The highest BCUT2D eigenvalue weighted by molar-refractivity contribution is 6.06. The minimum absolute atomic E-state index is 0.0827. The van der Waals surface area contributed by atoms with Gasteiger partial charge in [-0.3, -0.25) is 14.9 Å². The molecule has 1 amide bonds. The Morgan fingerprint density at radius 1 is 0.931 bits per heavy atom. The van der Waals surface area contributed by atoms with Crippen molar-refractivity contribution in [2.24, 2.45) is 0 Å². The molecule has 7 heteroatoms. The normalized spacial score (nSPS) is 10.3. The highest BCUT2D eigenvalue weighted by Gasteiger charge is 2.21. The molecule has 0 saturated carbocycles. The summed E-state index contributed by atoms with van der Waals surface area (Å²) in [6, 6.07) is 20.3. The topological polar surface area (TPSA) is 81.9 Å². The van der Waals surface area contributed by atoms with E-state index in [1.54, 1.807) is 30.3 Å². The van der Waals surface area contributed by atoms with Gasteiger partial charge in [0, 0.05) is 17.7 Å². The maximum atomic E-state index is 13.4. The van der Waals surface area contributed by atoms with E-state index in [1.807, 2.05) is 30.3 Å². The Morgan fingerprint density at radius 3 is 2.31 bits per heavy atom. The van der Waals surface area contributed by atoms with Gasteiger partial charge in [-0.05, 0) is 29.8 Å². The first kappa shape index (κ1) is 19.9. The molecule has 0 unspecified atom stereocenters. The summed E-state index contributed by atoms with van der Waals surface area (Å²) in [5.74, 6) is 0.626. The second-order valence-corrected chi connectivity index (χ2v) is 6.22. The fourth-order valence-electron chi connectivity index (χ4n) is 2.95. The van der Waals surface area contributed by atoms with Crippen molar-refractivity contribution < 1.29 is 19.2 Å². The number of nitrogens with zero attached hydrogens (tertiary/aromatic N) is 2. The van der Waals surface area contributed by atoms with Crippen LogP contribution >= 0.6 is 0 Å². The van der Waals surface area contributed by atoms with Crippen LogP contribution in [0, 0.1) is 10.1 Å². The second-order valence-electron chi connectivity index (χ2n) is 6.22. The van der Waals surface area contributed by atoms with Crippen LogP contribution in [-0.2, 0) is 6.54 Å². The number of hydrogen-bond donors (Lipinski definition) is 0. The Kier molecular flexibility index (Phi) is 6.09. The van der Waals surface area contributed by atoms with Crippen molar-refractivity contribution in [3.8, 4) is 11.5 Å². The summed E-state index contributed by atoms with van der Waals surface area (Å²) in [7, 11) is 3.01. The summed E-state index contributed by atoms with van der Waals surface area (Å²) < 4.78 is 10.5. The third-order valence-electron chi connectivity index (χ3n) is 4.41. The summed E-state index contributed by atoms with van der Waals surface area (Å²) in [6.45, 7) is 0.259. The molecule has 3 rings (SSSR count). The van der Waals surface area contributed by atoms with Gasteiger partial charge in [0.2, 0.25) is 0 Å². The van der Waals surface area contributed by atoms with E-state index in [0.29, 0.717) is 22.7 Å². The highest BCUT2D eigenvalue weighted by atomic mass is 16.6. The van der Waals surface area contributed by atoms with Gasteiger partial charge in [0.05, 0.1) is 31.4 Å².